The molecule has 0 amide bonds. The maximum Gasteiger partial charge on any atom is 0.280 e. The number of fused-ring (bicyclic) bond motifs is 2. The van der Waals surface area contributed by atoms with E-state index in [4.69, 9.17) is 32.2 Å². The van der Waals surface area contributed by atoms with E-state index in [9.17, 15) is 14.4 Å². The molecule has 6 aromatic heterocycles. The number of imidazole rings is 2. The second-order valence-corrected chi connectivity index (χ2v) is 21.8. The van der Waals surface area contributed by atoms with Crippen LogP contribution < -0.4 is 11.1 Å². The average Bonchev–Trinajstić information content (AvgIpc) is 4.14. The van der Waals surface area contributed by atoms with Crippen LogP contribution in [0.3, 0.4) is 0 Å². The third kappa shape index (κ3) is 10.6. The molecule has 1 saturated heterocycles. The average molecular weight is 1050 g/mol. The number of rotatable bonds is 12. The lowest BCUT2D eigenvalue weighted by atomic mass is 9.71. The van der Waals surface area contributed by atoms with Crippen LogP contribution in [0.1, 0.15) is 89.7 Å². The zero-order chi connectivity index (χ0) is 48.2. The van der Waals surface area contributed by atoms with Crippen LogP contribution in [-0.4, -0.2) is 87.3 Å². The first-order chi connectivity index (χ1) is 33.4. The Bertz CT molecular complexity index is 3200. The summed E-state index contributed by atoms with van der Waals surface area (Å²) in [5.74, 6) is 7.11. The van der Waals surface area contributed by atoms with Crippen LogP contribution in [0.2, 0.25) is 10.0 Å². The van der Waals surface area contributed by atoms with E-state index >= 15 is 0 Å². The van der Waals surface area contributed by atoms with Crippen molar-refractivity contribution in [2.45, 2.75) is 67.5 Å². The van der Waals surface area contributed by atoms with Gasteiger partial charge in [-0.1, -0.05) is 57.8 Å². The predicted molar refractivity (Wildman–Crippen MR) is 274 cm³/mol. The summed E-state index contributed by atoms with van der Waals surface area (Å²) in [4.78, 5) is 63.7. The highest BCUT2D eigenvalue weighted by molar-refractivity contribution is 8.18. The predicted octanol–water partition coefficient (Wildman–Crippen LogP) is 8.26. The molecule has 11 rings (SSSR count). The number of thiol groups is 2. The van der Waals surface area contributed by atoms with Gasteiger partial charge < -0.3 is 18.2 Å². The van der Waals surface area contributed by atoms with Crippen LogP contribution in [0.5, 0.6) is 0 Å². The fourth-order valence-corrected chi connectivity index (χ4v) is 13.3. The van der Waals surface area contributed by atoms with Crippen LogP contribution in [0.25, 0.3) is 22.3 Å². The van der Waals surface area contributed by atoms with Gasteiger partial charge in [0.15, 0.2) is 39.8 Å². The van der Waals surface area contributed by atoms with Gasteiger partial charge in [0.1, 0.15) is 25.7 Å². The van der Waals surface area contributed by atoms with Gasteiger partial charge in [0.2, 0.25) is 11.8 Å². The summed E-state index contributed by atoms with van der Waals surface area (Å²) in [7, 11) is 3.52. The quantitative estimate of drug-likeness (QED) is 0.0875. The third-order valence-corrected chi connectivity index (χ3v) is 17.3. The number of carbonyl (C=O) groups excluding carboxylic acids is 1. The maximum atomic E-state index is 12.8. The zero-order valence-corrected chi connectivity index (χ0v) is 42.5. The largest absolute Gasteiger partial charge is 0.337 e. The number of ketones is 1. The highest BCUT2D eigenvalue weighted by Crippen LogP contribution is 2.63. The van der Waals surface area contributed by atoms with Crippen LogP contribution >= 0.6 is 72.0 Å². The van der Waals surface area contributed by atoms with E-state index in [2.05, 4.69) is 107 Å². The van der Waals surface area contributed by atoms with Crippen molar-refractivity contribution in [3.05, 3.63) is 139 Å². The summed E-state index contributed by atoms with van der Waals surface area (Å²) in [5, 5.41) is 9.63. The van der Waals surface area contributed by atoms with Gasteiger partial charge in [-0.2, -0.15) is 35.2 Å². The minimum atomic E-state index is -0.226. The number of carbonyl (C=O) groups is 1. The lowest BCUT2D eigenvalue weighted by molar-refractivity contribution is 0.0824. The Morgan fingerprint density at radius 2 is 1.23 bits per heavy atom. The summed E-state index contributed by atoms with van der Waals surface area (Å²) < 4.78 is 17.1. The number of aromatic nitrogens is 12. The second-order valence-electron chi connectivity index (χ2n) is 17.1. The molecular formula is C46H48Cl2N12O5S4. The van der Waals surface area contributed by atoms with Crippen LogP contribution in [0.4, 0.5) is 0 Å². The van der Waals surface area contributed by atoms with Gasteiger partial charge in [-0.3, -0.25) is 23.5 Å². The number of aryl methyl sites for hydroxylation is 2. The fourth-order valence-electron chi connectivity index (χ4n) is 8.68. The number of Topliss-reactive ketones (excluding diaryl/α,β-unsaturated/α-hetero) is 1. The molecule has 0 N–H and O–H groups in total. The summed E-state index contributed by atoms with van der Waals surface area (Å²) in [5.41, 5.74) is 3.23. The van der Waals surface area contributed by atoms with E-state index in [1.807, 2.05) is 6.07 Å². The molecule has 23 heteroatoms. The number of nitrogens with zero attached hydrogens (tertiary/aromatic N) is 12. The van der Waals surface area contributed by atoms with Gasteiger partial charge >= 0.3 is 0 Å². The molecule has 1 aliphatic heterocycles. The molecule has 17 nitrogen and oxygen atoms in total. The van der Waals surface area contributed by atoms with Crippen molar-refractivity contribution in [3.63, 3.8) is 0 Å². The second kappa shape index (κ2) is 21.6. The van der Waals surface area contributed by atoms with E-state index in [-0.39, 0.29) is 51.8 Å². The Labute approximate surface area is 425 Å². The molecule has 3 aliphatic rings. The maximum absolute atomic E-state index is 12.8. The molecular weight excluding hydrogens is 1000 g/mol. The molecule has 2 aliphatic carbocycles. The highest BCUT2D eigenvalue weighted by Gasteiger charge is 2.50. The molecule has 2 saturated carbocycles. The number of thioether (sulfide) groups is 2. The molecule has 3 fully saturated rings. The number of benzene rings is 2. The van der Waals surface area contributed by atoms with Crippen LogP contribution in [-0.2, 0) is 31.3 Å². The Morgan fingerprint density at radius 1 is 0.725 bits per heavy atom. The Balaban J connectivity index is 0.000000158. The van der Waals surface area contributed by atoms with Crippen molar-refractivity contribution in [3.8, 4) is 0 Å². The fraction of sp³-hybridized carbons (Fsp3) is 0.413. The Hall–Kier alpha value is -4.93. The zero-order valence-electron chi connectivity index (χ0n) is 37.6. The first-order valence-electron chi connectivity index (χ1n) is 22.4. The first-order valence-corrected chi connectivity index (χ1v) is 26.4. The molecule has 0 atom stereocenters. The van der Waals surface area contributed by atoms with Gasteiger partial charge in [-0.05, 0) is 97.3 Å². The minimum Gasteiger partial charge on any atom is -0.337 e. The molecule has 0 unspecified atom stereocenters. The molecule has 7 heterocycles. The molecule has 8 aromatic rings. The molecule has 0 spiro atoms. The van der Waals surface area contributed by atoms with E-state index in [1.165, 1.54) is 33.8 Å². The van der Waals surface area contributed by atoms with Crippen molar-refractivity contribution in [2.24, 2.45) is 25.9 Å². The monoisotopic (exact) mass is 1050 g/mol. The van der Waals surface area contributed by atoms with Crippen molar-refractivity contribution in [1.29, 1.82) is 0 Å². The minimum absolute atomic E-state index is 0.0315. The van der Waals surface area contributed by atoms with Gasteiger partial charge in [0.25, 0.3) is 11.1 Å². The topological polar surface area (TPSA) is 200 Å². The lowest BCUT2D eigenvalue weighted by Gasteiger charge is -2.49. The van der Waals surface area contributed by atoms with Crippen molar-refractivity contribution in [1.82, 2.24) is 58.5 Å². The number of hydrogen-bond donors (Lipinski definition) is 2. The summed E-state index contributed by atoms with van der Waals surface area (Å²) in [6.45, 7) is 0.311. The number of hydrogen-bond acceptors (Lipinski definition) is 17. The Kier molecular flexibility index (Phi) is 15.4. The third-order valence-electron chi connectivity index (χ3n) is 12.5. The standard InChI is InChI=1S/C23H23ClN6O2S2.C20H17ClN6O3.C3H8S2/c1-29-12-25-21-19(29)22(31)30(13-26-21)11-18-27-20(28-32-18)14-8-16(9-14)23(33-6-3-7-34-23)15-4-2-5-17(24)10-15;1-26-9-22-19-16(26)20(29)27(10-23-19)8-15-24-18(25-30-15)13-5-12(6-13)17(28)11-3-2-4-14(21)7-11;4-2-1-3-5/h2,4-5,10,12-14,16H,3,6-9,11H2,1H3;2-4,7,9-10,12-13H,5-6,8H2,1H3;4-5H,1-3H2. The SMILES string of the molecule is Cn1cnc2ncn(Cc3nc(C4CC(C(=O)c5cccc(Cl)c5)C4)no3)c(=O)c21.Cn1cnc2ncn(Cc3nc(C4CC(C5(c6cccc(Cl)c6)SCCCS5)C4)no3)c(=O)c21.SCCCS. The highest BCUT2D eigenvalue weighted by atomic mass is 35.5. The summed E-state index contributed by atoms with van der Waals surface area (Å²) in [6, 6.07) is 15.3. The van der Waals surface area contributed by atoms with Crippen LogP contribution in [0, 0.1) is 11.8 Å². The van der Waals surface area contributed by atoms with Crippen molar-refractivity contribution >= 4 is 100 Å². The van der Waals surface area contributed by atoms with Crippen LogP contribution in [0.15, 0.2) is 92.5 Å². The lowest BCUT2D eigenvalue weighted by Crippen LogP contribution is -2.40. The van der Waals surface area contributed by atoms with Crippen molar-refractivity contribution in [2.75, 3.05) is 23.0 Å². The van der Waals surface area contributed by atoms with E-state index in [0.717, 1.165) is 53.1 Å². The number of halogens is 2. The first kappa shape index (κ1) is 49.1. The normalized spacial score (nSPS) is 19.5. The van der Waals surface area contributed by atoms with Crippen molar-refractivity contribution < 1.29 is 13.8 Å². The van der Waals surface area contributed by atoms with Gasteiger partial charge in [0.05, 0.1) is 16.7 Å². The molecule has 69 heavy (non-hydrogen) atoms. The molecule has 0 radical (unpaired) electrons. The summed E-state index contributed by atoms with van der Waals surface area (Å²) in [6.07, 6.45) is 11.7. The van der Waals surface area contributed by atoms with E-state index in [0.29, 0.717) is 69.3 Å². The van der Waals surface area contributed by atoms with Gasteiger partial charge in [0, 0.05) is 47.5 Å². The van der Waals surface area contributed by atoms with Gasteiger partial charge in [-0.25, -0.2) is 19.9 Å². The smallest absolute Gasteiger partial charge is 0.280 e. The Morgan fingerprint density at radius 3 is 1.74 bits per heavy atom. The summed E-state index contributed by atoms with van der Waals surface area (Å²) >= 11 is 24.3. The molecule has 2 aromatic carbocycles. The molecule has 0 bridgehead atoms. The van der Waals surface area contributed by atoms with E-state index in [1.54, 1.807) is 60.1 Å². The van der Waals surface area contributed by atoms with E-state index < -0.39 is 0 Å². The van der Waals surface area contributed by atoms with Gasteiger partial charge in [-0.15, -0.1) is 23.5 Å². The molecule has 360 valence electrons.